The van der Waals surface area contributed by atoms with Crippen molar-refractivity contribution in [1.29, 1.82) is 0 Å². The number of benzene rings is 2. The molecule has 4 heteroatoms. The van der Waals surface area contributed by atoms with Gasteiger partial charge in [-0.1, -0.05) is 24.3 Å². The molecule has 0 bridgehead atoms. The van der Waals surface area contributed by atoms with Gasteiger partial charge in [0.15, 0.2) is 6.29 Å². The van der Waals surface area contributed by atoms with Gasteiger partial charge in [0.1, 0.15) is 5.75 Å². The Hall–Kier alpha value is -2.62. The van der Waals surface area contributed by atoms with Crippen LogP contribution in [0.15, 0.2) is 42.6 Å². The average molecular weight is 266 g/mol. The molecule has 0 aliphatic rings. The lowest BCUT2D eigenvalue weighted by Gasteiger charge is -2.11. The Labute approximate surface area is 116 Å². The van der Waals surface area contributed by atoms with Crippen molar-refractivity contribution in [1.82, 2.24) is 10.2 Å². The Bertz CT molecular complexity index is 762. The zero-order valence-corrected chi connectivity index (χ0v) is 11.1. The van der Waals surface area contributed by atoms with Gasteiger partial charge < -0.3 is 4.74 Å². The standard InChI is InChI=1S/C16H14N2O2/c1-2-20-15-8-7-14(12-5-3-4-6-13(12)15)16-11(10-19)9-17-18-16/h3-10H,2H2,1H3,(H,17,18). The van der Waals surface area contributed by atoms with Gasteiger partial charge in [0.05, 0.1) is 24.1 Å². The third-order valence-electron chi connectivity index (χ3n) is 3.25. The van der Waals surface area contributed by atoms with Crippen LogP contribution >= 0.6 is 0 Å². The number of ether oxygens (including phenoxy) is 1. The Balaban J connectivity index is 2.28. The van der Waals surface area contributed by atoms with Gasteiger partial charge in [-0.2, -0.15) is 5.10 Å². The Morgan fingerprint density at radius 2 is 2.00 bits per heavy atom. The number of rotatable bonds is 4. The monoisotopic (exact) mass is 266 g/mol. The van der Waals surface area contributed by atoms with Gasteiger partial charge in [0, 0.05) is 10.9 Å². The first kappa shape index (κ1) is 12.4. The predicted molar refractivity (Wildman–Crippen MR) is 78.1 cm³/mol. The summed E-state index contributed by atoms with van der Waals surface area (Å²) >= 11 is 0. The summed E-state index contributed by atoms with van der Waals surface area (Å²) in [6, 6.07) is 11.9. The number of fused-ring (bicyclic) bond motifs is 1. The zero-order chi connectivity index (χ0) is 13.9. The van der Waals surface area contributed by atoms with E-state index in [1.165, 1.54) is 6.20 Å². The van der Waals surface area contributed by atoms with Crippen LogP contribution in [0.2, 0.25) is 0 Å². The van der Waals surface area contributed by atoms with Gasteiger partial charge in [-0.15, -0.1) is 0 Å². The van der Waals surface area contributed by atoms with Gasteiger partial charge in [-0.3, -0.25) is 9.89 Å². The number of hydrogen-bond acceptors (Lipinski definition) is 3. The summed E-state index contributed by atoms with van der Waals surface area (Å²) in [5.41, 5.74) is 2.24. The molecule has 0 saturated heterocycles. The second kappa shape index (κ2) is 5.17. The van der Waals surface area contributed by atoms with E-state index in [0.717, 1.165) is 34.1 Å². The number of aromatic amines is 1. The largest absolute Gasteiger partial charge is 0.493 e. The van der Waals surface area contributed by atoms with Crippen molar-refractivity contribution in [2.24, 2.45) is 0 Å². The molecule has 100 valence electrons. The molecule has 0 unspecified atom stereocenters. The summed E-state index contributed by atoms with van der Waals surface area (Å²) in [7, 11) is 0. The summed E-state index contributed by atoms with van der Waals surface area (Å²) < 4.78 is 5.65. The first-order valence-electron chi connectivity index (χ1n) is 6.48. The van der Waals surface area contributed by atoms with Crippen LogP contribution in [0.4, 0.5) is 0 Å². The van der Waals surface area contributed by atoms with Gasteiger partial charge in [-0.05, 0) is 24.4 Å². The molecule has 0 saturated carbocycles. The highest BCUT2D eigenvalue weighted by Gasteiger charge is 2.12. The third-order valence-corrected chi connectivity index (χ3v) is 3.25. The van der Waals surface area contributed by atoms with Crippen LogP contribution in [-0.2, 0) is 0 Å². The van der Waals surface area contributed by atoms with E-state index in [2.05, 4.69) is 10.2 Å². The molecule has 0 spiro atoms. The van der Waals surface area contributed by atoms with Crippen molar-refractivity contribution < 1.29 is 9.53 Å². The lowest BCUT2D eigenvalue weighted by Crippen LogP contribution is -1.94. The molecule has 3 aromatic rings. The fourth-order valence-corrected chi connectivity index (χ4v) is 2.37. The summed E-state index contributed by atoms with van der Waals surface area (Å²) in [4.78, 5) is 11.1. The van der Waals surface area contributed by atoms with Crippen LogP contribution in [-0.4, -0.2) is 23.1 Å². The molecule has 4 nitrogen and oxygen atoms in total. The lowest BCUT2D eigenvalue weighted by atomic mass is 9.99. The number of aldehydes is 1. The number of nitrogens with one attached hydrogen (secondary N) is 1. The van der Waals surface area contributed by atoms with E-state index in [1.807, 2.05) is 43.3 Å². The molecular weight excluding hydrogens is 252 g/mol. The molecule has 20 heavy (non-hydrogen) atoms. The van der Waals surface area contributed by atoms with E-state index in [0.29, 0.717) is 12.2 Å². The quantitative estimate of drug-likeness (QED) is 0.736. The Kier molecular flexibility index (Phi) is 3.21. The van der Waals surface area contributed by atoms with Crippen LogP contribution in [0.25, 0.3) is 22.0 Å². The summed E-state index contributed by atoms with van der Waals surface area (Å²) in [6.45, 7) is 2.58. The SMILES string of the molecule is CCOc1ccc(-c2[nH]ncc2C=O)c2ccccc12. The molecule has 1 N–H and O–H groups in total. The van der Waals surface area contributed by atoms with Crippen molar-refractivity contribution in [3.63, 3.8) is 0 Å². The number of carbonyl (C=O) groups is 1. The smallest absolute Gasteiger partial charge is 0.153 e. The second-order valence-corrected chi connectivity index (χ2v) is 4.41. The van der Waals surface area contributed by atoms with Gasteiger partial charge in [0.25, 0.3) is 0 Å². The summed E-state index contributed by atoms with van der Waals surface area (Å²) in [6.07, 6.45) is 2.34. The first-order chi connectivity index (χ1) is 9.85. The molecule has 0 radical (unpaired) electrons. The molecule has 0 aliphatic heterocycles. The van der Waals surface area contributed by atoms with E-state index >= 15 is 0 Å². The first-order valence-corrected chi connectivity index (χ1v) is 6.48. The Morgan fingerprint density at radius 3 is 2.75 bits per heavy atom. The van der Waals surface area contributed by atoms with Crippen molar-refractivity contribution in [3.8, 4) is 17.0 Å². The third kappa shape index (κ3) is 1.95. The molecule has 1 heterocycles. The van der Waals surface area contributed by atoms with Gasteiger partial charge in [-0.25, -0.2) is 0 Å². The van der Waals surface area contributed by atoms with Crippen LogP contribution < -0.4 is 4.74 Å². The van der Waals surface area contributed by atoms with Crippen LogP contribution in [0.5, 0.6) is 5.75 Å². The maximum absolute atomic E-state index is 11.1. The maximum Gasteiger partial charge on any atom is 0.153 e. The highest BCUT2D eigenvalue weighted by Crippen LogP contribution is 2.34. The fourth-order valence-electron chi connectivity index (χ4n) is 2.37. The maximum atomic E-state index is 11.1. The van der Waals surface area contributed by atoms with Crippen LogP contribution in [0.3, 0.4) is 0 Å². The van der Waals surface area contributed by atoms with E-state index in [-0.39, 0.29) is 0 Å². The van der Waals surface area contributed by atoms with Crippen LogP contribution in [0, 0.1) is 0 Å². The number of aromatic nitrogens is 2. The fraction of sp³-hybridized carbons (Fsp3) is 0.125. The minimum absolute atomic E-state index is 0.555. The number of H-pyrrole nitrogens is 1. The van der Waals surface area contributed by atoms with E-state index < -0.39 is 0 Å². The van der Waals surface area contributed by atoms with Crippen molar-refractivity contribution >= 4 is 17.1 Å². The molecule has 2 aromatic carbocycles. The number of carbonyl (C=O) groups excluding carboxylic acids is 1. The highest BCUT2D eigenvalue weighted by molar-refractivity contribution is 6.02. The topological polar surface area (TPSA) is 55.0 Å². The van der Waals surface area contributed by atoms with E-state index in [9.17, 15) is 4.79 Å². The molecular formula is C16H14N2O2. The van der Waals surface area contributed by atoms with Crippen molar-refractivity contribution in [3.05, 3.63) is 48.2 Å². The summed E-state index contributed by atoms with van der Waals surface area (Å²) in [5, 5.41) is 8.90. The Morgan fingerprint density at radius 1 is 1.20 bits per heavy atom. The van der Waals surface area contributed by atoms with Crippen molar-refractivity contribution in [2.75, 3.05) is 6.61 Å². The summed E-state index contributed by atoms with van der Waals surface area (Å²) in [5.74, 6) is 0.846. The number of hydrogen-bond donors (Lipinski definition) is 1. The molecule has 1 aromatic heterocycles. The molecule has 0 amide bonds. The predicted octanol–water partition coefficient (Wildman–Crippen LogP) is 3.44. The van der Waals surface area contributed by atoms with Crippen LogP contribution in [0.1, 0.15) is 17.3 Å². The number of nitrogens with zero attached hydrogens (tertiary/aromatic N) is 1. The van der Waals surface area contributed by atoms with Gasteiger partial charge >= 0.3 is 0 Å². The normalized spacial score (nSPS) is 10.7. The van der Waals surface area contributed by atoms with E-state index in [1.54, 1.807) is 0 Å². The van der Waals surface area contributed by atoms with Crippen molar-refractivity contribution in [2.45, 2.75) is 6.92 Å². The molecule has 0 fully saturated rings. The second-order valence-electron chi connectivity index (χ2n) is 4.41. The minimum atomic E-state index is 0.555. The minimum Gasteiger partial charge on any atom is -0.493 e. The highest BCUT2D eigenvalue weighted by atomic mass is 16.5. The lowest BCUT2D eigenvalue weighted by molar-refractivity contribution is 0.112. The van der Waals surface area contributed by atoms with E-state index in [4.69, 9.17) is 4.74 Å². The average Bonchev–Trinajstić information content (AvgIpc) is 2.96. The molecule has 0 atom stereocenters. The van der Waals surface area contributed by atoms with Gasteiger partial charge in [0.2, 0.25) is 0 Å². The zero-order valence-electron chi connectivity index (χ0n) is 11.1. The molecule has 0 aliphatic carbocycles. The molecule has 3 rings (SSSR count).